The molecule has 1 unspecified atom stereocenters. The van der Waals surface area contributed by atoms with E-state index in [4.69, 9.17) is 11.6 Å². The first-order chi connectivity index (χ1) is 12.5. The second-order valence-corrected chi connectivity index (χ2v) is 7.10. The first-order valence-corrected chi connectivity index (χ1v) is 9.26. The van der Waals surface area contributed by atoms with Crippen LogP contribution in [0.25, 0.3) is 0 Å². The average Bonchev–Trinajstić information content (AvgIpc) is 2.98. The number of nitrogens with zero attached hydrogens (tertiary/aromatic N) is 2. The van der Waals surface area contributed by atoms with Gasteiger partial charge in [0.15, 0.2) is 0 Å². The van der Waals surface area contributed by atoms with E-state index in [9.17, 15) is 9.59 Å². The second kappa shape index (κ2) is 7.92. The summed E-state index contributed by atoms with van der Waals surface area (Å²) in [5.41, 5.74) is 2.90. The Balaban J connectivity index is 1.73. The number of amides is 2. The molecule has 0 radical (unpaired) electrons. The third kappa shape index (κ3) is 3.91. The van der Waals surface area contributed by atoms with E-state index in [0.29, 0.717) is 24.7 Å². The van der Waals surface area contributed by atoms with Gasteiger partial charge in [0, 0.05) is 36.8 Å². The fourth-order valence-corrected chi connectivity index (χ4v) is 3.60. The van der Waals surface area contributed by atoms with Gasteiger partial charge in [-0.05, 0) is 43.2 Å². The minimum Gasteiger partial charge on any atom is -0.337 e. The number of likely N-dealkylation sites (tertiary alicyclic amines) is 1. The van der Waals surface area contributed by atoms with Crippen LogP contribution in [0.3, 0.4) is 0 Å². The van der Waals surface area contributed by atoms with Crippen LogP contribution in [0.4, 0.5) is 5.69 Å². The van der Waals surface area contributed by atoms with Crippen LogP contribution in [-0.2, 0) is 16.1 Å². The molecule has 2 aromatic carbocycles. The van der Waals surface area contributed by atoms with Gasteiger partial charge in [0.25, 0.3) is 0 Å². The molecule has 0 N–H and O–H groups in total. The molecule has 1 saturated heterocycles. The second-order valence-electron chi connectivity index (χ2n) is 6.69. The molecular weight excluding hydrogens is 348 g/mol. The number of hydrogen-bond acceptors (Lipinski definition) is 2. The van der Waals surface area contributed by atoms with E-state index >= 15 is 0 Å². The Hall–Kier alpha value is -2.33. The monoisotopic (exact) mass is 370 g/mol. The fourth-order valence-electron chi connectivity index (χ4n) is 3.40. The van der Waals surface area contributed by atoms with Crippen LogP contribution >= 0.6 is 11.6 Å². The molecule has 2 amide bonds. The fraction of sp³-hybridized carbons (Fsp3) is 0.333. The smallest absolute Gasteiger partial charge is 0.232 e. The highest BCUT2D eigenvalue weighted by molar-refractivity contribution is 6.31. The summed E-state index contributed by atoms with van der Waals surface area (Å²) in [5.74, 6) is -0.304. The Bertz CT molecular complexity index is 821. The lowest BCUT2D eigenvalue weighted by molar-refractivity contribution is -0.128. The number of rotatable bonds is 5. The van der Waals surface area contributed by atoms with Crippen molar-refractivity contribution in [3.8, 4) is 0 Å². The van der Waals surface area contributed by atoms with E-state index in [2.05, 4.69) is 0 Å². The molecule has 1 aliphatic heterocycles. The largest absolute Gasteiger partial charge is 0.337 e. The Kier molecular flexibility index (Phi) is 5.62. The number of carbonyl (C=O) groups is 2. The summed E-state index contributed by atoms with van der Waals surface area (Å²) in [7, 11) is 0. The molecule has 4 nitrogen and oxygen atoms in total. The molecule has 136 valence electrons. The molecular formula is C21H23ClN2O2. The molecule has 0 aromatic heterocycles. The molecule has 26 heavy (non-hydrogen) atoms. The third-order valence-corrected chi connectivity index (χ3v) is 5.15. The van der Waals surface area contributed by atoms with Gasteiger partial charge in [-0.25, -0.2) is 0 Å². The maximum Gasteiger partial charge on any atom is 0.232 e. The number of hydrogen-bond donors (Lipinski definition) is 0. The zero-order valence-electron chi connectivity index (χ0n) is 15.1. The normalized spacial score (nSPS) is 16.8. The van der Waals surface area contributed by atoms with Crippen molar-refractivity contribution in [2.75, 3.05) is 18.0 Å². The zero-order chi connectivity index (χ0) is 18.7. The Morgan fingerprint density at radius 1 is 1.23 bits per heavy atom. The van der Waals surface area contributed by atoms with Gasteiger partial charge in [0.1, 0.15) is 0 Å². The molecule has 5 heteroatoms. The number of aryl methyl sites for hydroxylation is 1. The average molecular weight is 371 g/mol. The summed E-state index contributed by atoms with van der Waals surface area (Å²) < 4.78 is 0. The van der Waals surface area contributed by atoms with Crippen LogP contribution in [-0.4, -0.2) is 29.8 Å². The maximum atomic E-state index is 13.0. The zero-order valence-corrected chi connectivity index (χ0v) is 15.9. The number of carbonyl (C=O) groups excluding carboxylic acids is 2. The molecule has 3 rings (SSSR count). The van der Waals surface area contributed by atoms with Gasteiger partial charge < -0.3 is 9.80 Å². The number of anilines is 1. The number of benzene rings is 2. The molecule has 1 aliphatic rings. The van der Waals surface area contributed by atoms with Crippen molar-refractivity contribution in [2.45, 2.75) is 26.8 Å². The van der Waals surface area contributed by atoms with Crippen LogP contribution in [0.1, 0.15) is 24.5 Å². The van der Waals surface area contributed by atoms with E-state index in [0.717, 1.165) is 16.8 Å². The van der Waals surface area contributed by atoms with Crippen molar-refractivity contribution in [2.24, 2.45) is 5.92 Å². The van der Waals surface area contributed by atoms with Gasteiger partial charge in [0.2, 0.25) is 11.8 Å². The van der Waals surface area contributed by atoms with Crippen LogP contribution in [0.2, 0.25) is 5.02 Å². The summed E-state index contributed by atoms with van der Waals surface area (Å²) >= 11 is 6.20. The third-order valence-electron chi connectivity index (χ3n) is 4.78. The quantitative estimate of drug-likeness (QED) is 0.796. The number of halogens is 1. The Morgan fingerprint density at radius 3 is 2.69 bits per heavy atom. The Labute approximate surface area is 159 Å². The summed E-state index contributed by atoms with van der Waals surface area (Å²) in [4.78, 5) is 28.9. The van der Waals surface area contributed by atoms with Crippen molar-refractivity contribution >= 4 is 29.1 Å². The minimum atomic E-state index is -0.314. The summed E-state index contributed by atoms with van der Waals surface area (Å²) in [6, 6.07) is 15.4. The lowest BCUT2D eigenvalue weighted by Gasteiger charge is -2.25. The van der Waals surface area contributed by atoms with Crippen molar-refractivity contribution in [3.63, 3.8) is 0 Å². The predicted molar refractivity (Wildman–Crippen MR) is 104 cm³/mol. The lowest BCUT2D eigenvalue weighted by atomic mass is 10.1. The van der Waals surface area contributed by atoms with Gasteiger partial charge in [-0.15, -0.1) is 0 Å². The van der Waals surface area contributed by atoms with Gasteiger partial charge in [-0.3, -0.25) is 9.59 Å². The molecule has 2 aromatic rings. The summed E-state index contributed by atoms with van der Waals surface area (Å²) in [5, 5.41) is 0.644. The van der Waals surface area contributed by atoms with Gasteiger partial charge in [0.05, 0.1) is 5.92 Å². The van der Waals surface area contributed by atoms with Crippen LogP contribution < -0.4 is 4.90 Å². The topological polar surface area (TPSA) is 40.6 Å². The summed E-state index contributed by atoms with van der Waals surface area (Å²) in [6.07, 6.45) is 0.256. The lowest BCUT2D eigenvalue weighted by Crippen LogP contribution is -2.37. The van der Waals surface area contributed by atoms with E-state index in [1.165, 1.54) is 0 Å². The highest BCUT2D eigenvalue weighted by atomic mass is 35.5. The van der Waals surface area contributed by atoms with E-state index in [-0.39, 0.29) is 24.2 Å². The van der Waals surface area contributed by atoms with Crippen LogP contribution in [0.15, 0.2) is 48.5 Å². The molecule has 0 aliphatic carbocycles. The first kappa shape index (κ1) is 18.5. The van der Waals surface area contributed by atoms with E-state index in [1.807, 2.05) is 62.4 Å². The highest BCUT2D eigenvalue weighted by Gasteiger charge is 2.36. The SMILES string of the molecule is CCN(C(=O)C1CC(=O)N(Cc2ccccc2Cl)C1)c1cccc(C)c1. The molecule has 0 saturated carbocycles. The Morgan fingerprint density at radius 2 is 2.00 bits per heavy atom. The molecule has 1 heterocycles. The molecule has 1 fully saturated rings. The van der Waals surface area contributed by atoms with Gasteiger partial charge in [-0.1, -0.05) is 41.9 Å². The van der Waals surface area contributed by atoms with E-state index < -0.39 is 0 Å². The standard InChI is InChI=1S/C21H23ClN2O2/c1-3-24(18-9-6-7-15(2)11-18)21(26)17-12-20(25)23(14-17)13-16-8-4-5-10-19(16)22/h4-11,17H,3,12-14H2,1-2H3. The van der Waals surface area contributed by atoms with Crippen molar-refractivity contribution in [1.82, 2.24) is 4.90 Å². The highest BCUT2D eigenvalue weighted by Crippen LogP contribution is 2.27. The summed E-state index contributed by atoms with van der Waals surface area (Å²) in [6.45, 7) is 5.42. The van der Waals surface area contributed by atoms with Crippen LogP contribution in [0.5, 0.6) is 0 Å². The first-order valence-electron chi connectivity index (χ1n) is 8.88. The molecule has 0 spiro atoms. The van der Waals surface area contributed by atoms with Crippen LogP contribution in [0, 0.1) is 12.8 Å². The van der Waals surface area contributed by atoms with Crippen molar-refractivity contribution in [1.29, 1.82) is 0 Å². The minimum absolute atomic E-state index is 0.00330. The maximum absolute atomic E-state index is 13.0. The van der Waals surface area contributed by atoms with Gasteiger partial charge in [-0.2, -0.15) is 0 Å². The molecule has 0 bridgehead atoms. The predicted octanol–water partition coefficient (Wildman–Crippen LogP) is 4.05. The van der Waals surface area contributed by atoms with E-state index in [1.54, 1.807) is 9.80 Å². The van der Waals surface area contributed by atoms with Crippen molar-refractivity contribution in [3.05, 3.63) is 64.7 Å². The van der Waals surface area contributed by atoms with Gasteiger partial charge >= 0.3 is 0 Å². The molecule has 1 atom stereocenters. The van der Waals surface area contributed by atoms with Crippen molar-refractivity contribution < 1.29 is 9.59 Å².